The lowest BCUT2D eigenvalue weighted by molar-refractivity contribution is -0.128. The zero-order chi connectivity index (χ0) is 18.0. The summed E-state index contributed by atoms with van der Waals surface area (Å²) >= 11 is 1.04. The Kier molecular flexibility index (Phi) is 4.95. The molecular formula is C20H19NO3S. The van der Waals surface area contributed by atoms with E-state index in [0.29, 0.717) is 5.75 Å². The lowest BCUT2D eigenvalue weighted by Crippen LogP contribution is -2.34. The van der Waals surface area contributed by atoms with Gasteiger partial charge in [-0.2, -0.15) is 0 Å². The average molecular weight is 353 g/mol. The molecule has 2 atom stereocenters. The molecule has 2 aromatic rings. The highest BCUT2D eigenvalue weighted by Gasteiger charge is 2.44. The topological polar surface area (TPSA) is 46.6 Å². The summed E-state index contributed by atoms with van der Waals surface area (Å²) < 4.78 is 5.15. The molecule has 0 bridgehead atoms. The molecule has 0 saturated carbocycles. The smallest absolute Gasteiger partial charge is 0.290 e. The number of nitrogens with zero attached hydrogens (tertiary/aromatic N) is 1. The van der Waals surface area contributed by atoms with E-state index in [2.05, 4.69) is 6.58 Å². The molecule has 0 spiro atoms. The molecule has 1 unspecified atom stereocenters. The van der Waals surface area contributed by atoms with Crippen molar-refractivity contribution in [3.8, 4) is 5.75 Å². The van der Waals surface area contributed by atoms with Crippen molar-refractivity contribution >= 4 is 22.9 Å². The number of thioether (sulfide) groups is 1. The van der Waals surface area contributed by atoms with Crippen LogP contribution in [0.25, 0.3) is 0 Å². The molecule has 0 N–H and O–H groups in total. The summed E-state index contributed by atoms with van der Waals surface area (Å²) in [5.41, 5.74) is 2.43. The fourth-order valence-corrected chi connectivity index (χ4v) is 3.95. The summed E-state index contributed by atoms with van der Waals surface area (Å²) in [6, 6.07) is 16.3. The van der Waals surface area contributed by atoms with Gasteiger partial charge in [-0.3, -0.25) is 14.5 Å². The van der Waals surface area contributed by atoms with Crippen LogP contribution in [-0.4, -0.2) is 23.2 Å². The maximum atomic E-state index is 13.0. The van der Waals surface area contributed by atoms with E-state index >= 15 is 0 Å². The highest BCUT2D eigenvalue weighted by molar-refractivity contribution is 8.15. The van der Waals surface area contributed by atoms with E-state index in [4.69, 9.17) is 4.74 Å². The van der Waals surface area contributed by atoms with E-state index in [9.17, 15) is 9.59 Å². The van der Waals surface area contributed by atoms with Crippen molar-refractivity contribution in [1.29, 1.82) is 0 Å². The first-order chi connectivity index (χ1) is 12.0. The number of benzene rings is 2. The minimum Gasteiger partial charge on any atom is -0.497 e. The molecule has 1 aliphatic heterocycles. The molecule has 2 amide bonds. The second-order valence-electron chi connectivity index (χ2n) is 5.90. The summed E-state index contributed by atoms with van der Waals surface area (Å²) in [6.45, 7) is 5.83. The van der Waals surface area contributed by atoms with E-state index < -0.39 is 11.3 Å². The van der Waals surface area contributed by atoms with Gasteiger partial charge in [0.05, 0.1) is 13.2 Å². The molecule has 5 heteroatoms. The van der Waals surface area contributed by atoms with Crippen LogP contribution in [-0.2, 0) is 4.79 Å². The first-order valence-electron chi connectivity index (χ1n) is 7.91. The molecule has 3 rings (SSSR count). The Labute approximate surface area is 151 Å². The lowest BCUT2D eigenvalue weighted by atomic mass is 9.99. The monoisotopic (exact) mass is 353 g/mol. The highest BCUT2D eigenvalue weighted by Crippen LogP contribution is 2.44. The predicted molar refractivity (Wildman–Crippen MR) is 99.6 cm³/mol. The first kappa shape index (κ1) is 17.3. The molecule has 4 nitrogen and oxygen atoms in total. The fourth-order valence-electron chi connectivity index (χ4n) is 2.94. The van der Waals surface area contributed by atoms with Gasteiger partial charge in [0.1, 0.15) is 11.0 Å². The van der Waals surface area contributed by atoms with Crippen LogP contribution in [0.5, 0.6) is 5.75 Å². The van der Waals surface area contributed by atoms with Crippen molar-refractivity contribution in [3.05, 3.63) is 77.9 Å². The van der Waals surface area contributed by atoms with Gasteiger partial charge in [-0.1, -0.05) is 54.6 Å². The van der Waals surface area contributed by atoms with Crippen LogP contribution in [0.1, 0.15) is 29.3 Å². The summed E-state index contributed by atoms with van der Waals surface area (Å²) in [5.74, 6) is 0.503. The van der Waals surface area contributed by atoms with Crippen LogP contribution in [0.4, 0.5) is 4.79 Å². The number of amides is 2. The van der Waals surface area contributed by atoms with Crippen molar-refractivity contribution in [2.75, 3.05) is 7.11 Å². The Morgan fingerprint density at radius 2 is 1.76 bits per heavy atom. The predicted octanol–water partition coefficient (Wildman–Crippen LogP) is 4.75. The normalized spacial score (nSPS) is 18.3. The molecule has 1 saturated heterocycles. The molecule has 1 aliphatic rings. The number of carbonyl (C=O) groups is 2. The number of carbonyl (C=O) groups excluding carboxylic acids is 2. The molecule has 128 valence electrons. The second kappa shape index (κ2) is 7.15. The van der Waals surface area contributed by atoms with Crippen LogP contribution in [0.2, 0.25) is 0 Å². The summed E-state index contributed by atoms with van der Waals surface area (Å²) in [6.07, 6.45) is 0. The molecule has 0 aliphatic carbocycles. The molecule has 0 radical (unpaired) electrons. The van der Waals surface area contributed by atoms with Gasteiger partial charge in [0.2, 0.25) is 5.91 Å². The molecule has 0 aromatic heterocycles. The van der Waals surface area contributed by atoms with Crippen LogP contribution in [0.3, 0.4) is 0 Å². The van der Waals surface area contributed by atoms with Gasteiger partial charge in [0, 0.05) is 0 Å². The third-order valence-corrected chi connectivity index (χ3v) is 5.24. The van der Waals surface area contributed by atoms with Gasteiger partial charge in [0.25, 0.3) is 5.24 Å². The highest BCUT2D eigenvalue weighted by atomic mass is 32.2. The Morgan fingerprint density at radius 3 is 2.32 bits per heavy atom. The van der Waals surface area contributed by atoms with Gasteiger partial charge in [-0.15, -0.1) is 0 Å². The van der Waals surface area contributed by atoms with Crippen molar-refractivity contribution in [1.82, 2.24) is 4.90 Å². The van der Waals surface area contributed by atoms with E-state index in [1.54, 1.807) is 19.2 Å². The van der Waals surface area contributed by atoms with Gasteiger partial charge >= 0.3 is 0 Å². The van der Waals surface area contributed by atoms with Gasteiger partial charge in [-0.05, 0) is 41.9 Å². The van der Waals surface area contributed by atoms with E-state index in [-0.39, 0.29) is 11.1 Å². The zero-order valence-electron chi connectivity index (χ0n) is 14.1. The minimum absolute atomic E-state index is 0.211. The number of hydrogen-bond acceptors (Lipinski definition) is 4. The quantitative estimate of drug-likeness (QED) is 0.728. The number of imide groups is 1. The Balaban J connectivity index is 1.93. The van der Waals surface area contributed by atoms with E-state index in [0.717, 1.165) is 28.5 Å². The van der Waals surface area contributed by atoms with Crippen molar-refractivity contribution in [2.24, 2.45) is 0 Å². The Hall–Kier alpha value is -2.53. The van der Waals surface area contributed by atoms with Gasteiger partial charge < -0.3 is 4.74 Å². The Bertz CT molecular complexity index is 801. The molecule has 1 heterocycles. The number of ether oxygens (including phenoxy) is 1. The van der Waals surface area contributed by atoms with Crippen LogP contribution >= 0.6 is 11.8 Å². The summed E-state index contributed by atoms with van der Waals surface area (Å²) in [4.78, 5) is 26.9. The number of rotatable bonds is 5. The van der Waals surface area contributed by atoms with Crippen LogP contribution in [0, 0.1) is 0 Å². The number of methoxy groups -OCH3 is 1. The summed E-state index contributed by atoms with van der Waals surface area (Å²) in [7, 11) is 1.59. The van der Waals surface area contributed by atoms with E-state index in [1.807, 2.05) is 49.4 Å². The minimum atomic E-state index is -0.538. The maximum Gasteiger partial charge on any atom is 0.290 e. The van der Waals surface area contributed by atoms with Crippen molar-refractivity contribution in [2.45, 2.75) is 18.2 Å². The standard InChI is InChI=1S/C20H19NO3S/c1-13(2)17(14-7-5-4-6-8-14)21-19(22)18(25-20(21)23)15-9-11-16(24-3)12-10-15/h4-12,17-18H,1H2,2-3H3/t17-,18?/m0/s1. The molecular weight excluding hydrogens is 334 g/mol. The largest absolute Gasteiger partial charge is 0.497 e. The molecule has 1 fully saturated rings. The van der Waals surface area contributed by atoms with E-state index in [1.165, 1.54) is 4.90 Å². The average Bonchev–Trinajstić information content (AvgIpc) is 2.91. The third kappa shape index (κ3) is 3.33. The number of hydrogen-bond donors (Lipinski definition) is 0. The first-order valence-corrected chi connectivity index (χ1v) is 8.79. The Morgan fingerprint density at radius 1 is 1.12 bits per heavy atom. The van der Waals surface area contributed by atoms with Crippen molar-refractivity contribution in [3.63, 3.8) is 0 Å². The molecule has 2 aromatic carbocycles. The van der Waals surface area contributed by atoms with Gasteiger partial charge in [0.15, 0.2) is 0 Å². The maximum absolute atomic E-state index is 13.0. The molecule has 25 heavy (non-hydrogen) atoms. The van der Waals surface area contributed by atoms with Gasteiger partial charge in [-0.25, -0.2) is 0 Å². The van der Waals surface area contributed by atoms with Crippen molar-refractivity contribution < 1.29 is 14.3 Å². The zero-order valence-corrected chi connectivity index (χ0v) is 15.0. The second-order valence-corrected chi connectivity index (χ2v) is 6.96. The fraction of sp³-hybridized carbons (Fsp3) is 0.200. The summed E-state index contributed by atoms with van der Waals surface area (Å²) in [5, 5.41) is -0.786. The SMILES string of the molecule is C=C(C)[C@@H](c1ccccc1)N1C(=O)SC(c2ccc(OC)cc2)C1=O. The third-order valence-electron chi connectivity index (χ3n) is 4.14. The van der Waals surface area contributed by atoms with Crippen LogP contribution in [0.15, 0.2) is 66.7 Å². The van der Waals surface area contributed by atoms with Crippen LogP contribution < -0.4 is 4.74 Å². The lowest BCUT2D eigenvalue weighted by Gasteiger charge is -2.26.